The SMILES string of the molecule is C[C@@H](C(=O)NC1CCCCC1)N(Cc1c(Cl)cccc1Cl)C(=O)CCc1ccccc1Cl. The van der Waals surface area contributed by atoms with Crippen LogP contribution in [0.15, 0.2) is 42.5 Å². The zero-order valence-corrected chi connectivity index (χ0v) is 20.5. The predicted octanol–water partition coefficient (Wildman–Crippen LogP) is 6.45. The Bertz CT molecular complexity index is 924. The average molecular weight is 496 g/mol. The fraction of sp³-hybridized carbons (Fsp3) is 0.440. The fourth-order valence-electron chi connectivity index (χ4n) is 4.09. The Morgan fingerprint density at radius 2 is 1.59 bits per heavy atom. The van der Waals surface area contributed by atoms with E-state index < -0.39 is 6.04 Å². The van der Waals surface area contributed by atoms with Crippen LogP contribution in [0.5, 0.6) is 0 Å². The first kappa shape index (κ1) is 24.9. The molecule has 2 aromatic rings. The minimum atomic E-state index is -0.650. The van der Waals surface area contributed by atoms with Crippen LogP contribution < -0.4 is 5.32 Å². The summed E-state index contributed by atoms with van der Waals surface area (Å²) in [5.41, 5.74) is 1.54. The number of halogens is 3. The second kappa shape index (κ2) is 11.9. The molecule has 1 N–H and O–H groups in total. The van der Waals surface area contributed by atoms with Crippen molar-refractivity contribution >= 4 is 46.6 Å². The fourth-order valence-corrected chi connectivity index (χ4v) is 4.84. The smallest absolute Gasteiger partial charge is 0.242 e. The van der Waals surface area contributed by atoms with Crippen LogP contribution in [0.4, 0.5) is 0 Å². The van der Waals surface area contributed by atoms with Crippen LogP contribution in [-0.4, -0.2) is 28.8 Å². The Morgan fingerprint density at radius 1 is 0.969 bits per heavy atom. The predicted molar refractivity (Wildman–Crippen MR) is 131 cm³/mol. The number of rotatable bonds is 8. The molecule has 0 spiro atoms. The van der Waals surface area contributed by atoms with Gasteiger partial charge in [-0.1, -0.05) is 78.3 Å². The zero-order valence-electron chi connectivity index (χ0n) is 18.3. The molecule has 0 saturated heterocycles. The van der Waals surface area contributed by atoms with Crippen LogP contribution in [0.25, 0.3) is 0 Å². The molecule has 0 radical (unpaired) electrons. The summed E-state index contributed by atoms with van der Waals surface area (Å²) in [6.07, 6.45) is 6.13. The highest BCUT2D eigenvalue weighted by molar-refractivity contribution is 6.36. The number of hydrogen-bond donors (Lipinski definition) is 1. The van der Waals surface area contributed by atoms with E-state index >= 15 is 0 Å². The van der Waals surface area contributed by atoms with Gasteiger partial charge in [0, 0.05) is 39.6 Å². The van der Waals surface area contributed by atoms with Gasteiger partial charge in [-0.15, -0.1) is 0 Å². The van der Waals surface area contributed by atoms with Gasteiger partial charge in [-0.3, -0.25) is 9.59 Å². The van der Waals surface area contributed by atoms with E-state index in [0.29, 0.717) is 27.1 Å². The van der Waals surface area contributed by atoms with Gasteiger partial charge < -0.3 is 10.2 Å². The van der Waals surface area contributed by atoms with E-state index in [2.05, 4.69) is 5.32 Å². The maximum absolute atomic E-state index is 13.3. The van der Waals surface area contributed by atoms with Crippen LogP contribution in [0, 0.1) is 0 Å². The maximum atomic E-state index is 13.3. The summed E-state index contributed by atoms with van der Waals surface area (Å²) in [6.45, 7) is 1.93. The van der Waals surface area contributed by atoms with Gasteiger partial charge in [0.1, 0.15) is 6.04 Å². The topological polar surface area (TPSA) is 49.4 Å². The highest BCUT2D eigenvalue weighted by atomic mass is 35.5. The molecular weight excluding hydrogens is 467 g/mol. The molecule has 0 bridgehead atoms. The van der Waals surface area contributed by atoms with Crippen molar-refractivity contribution in [1.82, 2.24) is 10.2 Å². The Labute approximate surface area is 205 Å². The number of nitrogens with one attached hydrogen (secondary N) is 1. The number of nitrogens with zero attached hydrogens (tertiary/aromatic N) is 1. The molecule has 2 aromatic carbocycles. The lowest BCUT2D eigenvalue weighted by molar-refractivity contribution is -0.141. The molecule has 172 valence electrons. The first-order valence-corrected chi connectivity index (χ1v) is 12.3. The van der Waals surface area contributed by atoms with E-state index in [4.69, 9.17) is 34.8 Å². The van der Waals surface area contributed by atoms with Crippen molar-refractivity contribution in [2.45, 2.75) is 70.5 Å². The quantitative estimate of drug-likeness (QED) is 0.458. The molecule has 0 unspecified atom stereocenters. The molecule has 3 rings (SSSR count). The van der Waals surface area contributed by atoms with Crippen molar-refractivity contribution in [2.75, 3.05) is 0 Å². The Morgan fingerprint density at radius 3 is 2.25 bits per heavy atom. The van der Waals surface area contributed by atoms with Gasteiger partial charge in [0.25, 0.3) is 0 Å². The Balaban J connectivity index is 1.77. The van der Waals surface area contributed by atoms with Gasteiger partial charge in [0.2, 0.25) is 11.8 Å². The number of benzene rings is 2. The van der Waals surface area contributed by atoms with Crippen LogP contribution >= 0.6 is 34.8 Å². The average Bonchev–Trinajstić information content (AvgIpc) is 2.78. The number of carbonyl (C=O) groups is 2. The van der Waals surface area contributed by atoms with E-state index in [1.165, 1.54) is 6.42 Å². The van der Waals surface area contributed by atoms with Gasteiger partial charge >= 0.3 is 0 Å². The second-order valence-corrected chi connectivity index (χ2v) is 9.55. The van der Waals surface area contributed by atoms with Crippen LogP contribution in [0.1, 0.15) is 56.6 Å². The van der Waals surface area contributed by atoms with Gasteiger partial charge in [-0.25, -0.2) is 0 Å². The summed E-state index contributed by atoms with van der Waals surface area (Å²) in [5.74, 6) is -0.293. The van der Waals surface area contributed by atoms with Crippen molar-refractivity contribution in [3.63, 3.8) is 0 Å². The number of hydrogen-bond acceptors (Lipinski definition) is 2. The van der Waals surface area contributed by atoms with Crippen LogP contribution in [0.3, 0.4) is 0 Å². The van der Waals surface area contributed by atoms with E-state index in [9.17, 15) is 9.59 Å². The van der Waals surface area contributed by atoms with Crippen molar-refractivity contribution in [3.05, 3.63) is 68.7 Å². The molecule has 0 heterocycles. The largest absolute Gasteiger partial charge is 0.352 e. The molecule has 1 aliphatic carbocycles. The number of carbonyl (C=O) groups excluding carboxylic acids is 2. The second-order valence-electron chi connectivity index (χ2n) is 8.33. The lowest BCUT2D eigenvalue weighted by atomic mass is 9.95. The Kier molecular flexibility index (Phi) is 9.27. The van der Waals surface area contributed by atoms with Crippen molar-refractivity contribution in [1.29, 1.82) is 0 Å². The molecule has 1 fully saturated rings. The summed E-state index contributed by atoms with van der Waals surface area (Å²) in [5, 5.41) is 4.71. The Hall–Kier alpha value is -1.75. The summed E-state index contributed by atoms with van der Waals surface area (Å²) in [4.78, 5) is 27.9. The standard InChI is InChI=1S/C25H29Cl3N2O2/c1-17(25(32)29-19-9-3-2-4-10-19)30(16-20-22(27)12-7-13-23(20)28)24(31)15-14-18-8-5-6-11-21(18)26/h5-8,11-13,17,19H,2-4,9-10,14-16H2,1H3,(H,29,32)/t17-/m0/s1. The molecule has 1 saturated carbocycles. The van der Waals surface area contributed by atoms with Crippen LogP contribution in [-0.2, 0) is 22.6 Å². The van der Waals surface area contributed by atoms with Crippen LogP contribution in [0.2, 0.25) is 15.1 Å². The van der Waals surface area contributed by atoms with Crippen molar-refractivity contribution in [2.24, 2.45) is 0 Å². The van der Waals surface area contributed by atoms with Gasteiger partial charge in [-0.2, -0.15) is 0 Å². The maximum Gasteiger partial charge on any atom is 0.242 e. The zero-order chi connectivity index (χ0) is 23.1. The third-order valence-corrected chi connectivity index (χ3v) is 7.15. The molecule has 2 amide bonds. The highest BCUT2D eigenvalue weighted by Crippen LogP contribution is 2.27. The van der Waals surface area contributed by atoms with Crippen molar-refractivity contribution in [3.8, 4) is 0 Å². The van der Waals surface area contributed by atoms with E-state index in [1.54, 1.807) is 30.0 Å². The van der Waals surface area contributed by atoms with E-state index in [0.717, 1.165) is 31.2 Å². The third-order valence-electron chi connectivity index (χ3n) is 6.08. The first-order valence-electron chi connectivity index (χ1n) is 11.1. The lowest BCUT2D eigenvalue weighted by Gasteiger charge is -2.31. The van der Waals surface area contributed by atoms with E-state index in [-0.39, 0.29) is 30.8 Å². The molecule has 1 atom stereocenters. The normalized spacial score (nSPS) is 15.2. The summed E-state index contributed by atoms with van der Waals surface area (Å²) < 4.78 is 0. The number of amides is 2. The third kappa shape index (κ3) is 6.63. The molecule has 7 heteroatoms. The molecule has 0 aliphatic heterocycles. The molecule has 1 aliphatic rings. The molecular formula is C25H29Cl3N2O2. The highest BCUT2D eigenvalue weighted by Gasteiger charge is 2.29. The molecule has 4 nitrogen and oxygen atoms in total. The van der Waals surface area contributed by atoms with Crippen molar-refractivity contribution < 1.29 is 9.59 Å². The van der Waals surface area contributed by atoms with E-state index in [1.807, 2.05) is 24.3 Å². The summed E-state index contributed by atoms with van der Waals surface area (Å²) in [7, 11) is 0. The number of aryl methyl sites for hydroxylation is 1. The first-order chi connectivity index (χ1) is 15.4. The minimum Gasteiger partial charge on any atom is -0.352 e. The summed E-state index contributed by atoms with van der Waals surface area (Å²) in [6, 6.07) is 12.2. The molecule has 0 aromatic heterocycles. The van der Waals surface area contributed by atoms with Gasteiger partial charge in [0.05, 0.1) is 0 Å². The minimum absolute atomic E-state index is 0.146. The van der Waals surface area contributed by atoms with Gasteiger partial charge in [-0.05, 0) is 49.9 Å². The molecule has 32 heavy (non-hydrogen) atoms. The summed E-state index contributed by atoms with van der Waals surface area (Å²) >= 11 is 19.0. The lowest BCUT2D eigenvalue weighted by Crippen LogP contribution is -2.50. The monoisotopic (exact) mass is 494 g/mol. The van der Waals surface area contributed by atoms with Gasteiger partial charge in [0.15, 0.2) is 0 Å².